The van der Waals surface area contributed by atoms with Gasteiger partial charge >= 0.3 is 0 Å². The molecule has 0 aromatic carbocycles. The Labute approximate surface area is 109 Å². The Balaban J connectivity index is 1.70. The Morgan fingerprint density at radius 1 is 1.29 bits per heavy atom. The van der Waals surface area contributed by atoms with Gasteiger partial charge in [0.2, 0.25) is 10.0 Å². The quantitative estimate of drug-likeness (QED) is 0.824. The summed E-state index contributed by atoms with van der Waals surface area (Å²) in [5, 5.41) is 0. The second-order valence-corrected chi connectivity index (χ2v) is 8.10. The van der Waals surface area contributed by atoms with Crippen LogP contribution in [0.1, 0.15) is 19.3 Å². The fraction of sp³-hybridized carbons (Fsp3) is 1.00. The molecular formula is C11H22N2O2S2. The number of nitrogens with zero attached hydrogens (tertiary/aromatic N) is 1. The highest BCUT2D eigenvalue weighted by Gasteiger charge is 2.27. The van der Waals surface area contributed by atoms with Crippen LogP contribution in [0.15, 0.2) is 0 Å². The van der Waals surface area contributed by atoms with Crippen molar-refractivity contribution in [2.24, 2.45) is 5.92 Å². The van der Waals surface area contributed by atoms with Gasteiger partial charge in [0.05, 0.1) is 6.26 Å². The summed E-state index contributed by atoms with van der Waals surface area (Å²) in [5.41, 5.74) is 0. The van der Waals surface area contributed by atoms with Gasteiger partial charge in [0.15, 0.2) is 0 Å². The van der Waals surface area contributed by atoms with E-state index in [-0.39, 0.29) is 0 Å². The van der Waals surface area contributed by atoms with Gasteiger partial charge in [-0.1, -0.05) is 0 Å². The van der Waals surface area contributed by atoms with Gasteiger partial charge in [-0.05, 0) is 44.0 Å². The van der Waals surface area contributed by atoms with E-state index in [0.29, 0.717) is 12.5 Å². The molecule has 0 aromatic heterocycles. The monoisotopic (exact) mass is 278 g/mol. The molecule has 1 atom stereocenters. The molecule has 100 valence electrons. The maximum Gasteiger partial charge on any atom is 0.208 e. The SMILES string of the molecule is CS(=O)(=O)NCC1CCN([C@H]2CCSC2)CC1. The van der Waals surface area contributed by atoms with Crippen LogP contribution >= 0.6 is 11.8 Å². The molecule has 2 rings (SSSR count). The first-order valence-electron chi connectivity index (χ1n) is 6.31. The number of nitrogens with one attached hydrogen (secondary N) is 1. The summed E-state index contributed by atoms with van der Waals surface area (Å²) < 4.78 is 24.7. The van der Waals surface area contributed by atoms with Crippen LogP contribution in [-0.4, -0.2) is 56.8 Å². The fourth-order valence-electron chi connectivity index (χ4n) is 2.60. The van der Waals surface area contributed by atoms with Gasteiger partial charge in [-0.25, -0.2) is 13.1 Å². The van der Waals surface area contributed by atoms with Gasteiger partial charge in [0.25, 0.3) is 0 Å². The van der Waals surface area contributed by atoms with Crippen LogP contribution in [0.4, 0.5) is 0 Å². The van der Waals surface area contributed by atoms with Gasteiger partial charge in [0, 0.05) is 18.3 Å². The molecular weight excluding hydrogens is 256 g/mol. The lowest BCUT2D eigenvalue weighted by Crippen LogP contribution is -2.43. The molecule has 17 heavy (non-hydrogen) atoms. The lowest BCUT2D eigenvalue weighted by Gasteiger charge is -2.35. The molecule has 0 bridgehead atoms. The third-order valence-corrected chi connectivity index (χ3v) is 5.54. The van der Waals surface area contributed by atoms with Crippen LogP contribution in [0.3, 0.4) is 0 Å². The minimum atomic E-state index is -3.02. The van der Waals surface area contributed by atoms with Crippen LogP contribution in [0.25, 0.3) is 0 Å². The predicted octanol–water partition coefficient (Wildman–Crippen LogP) is 0.753. The topological polar surface area (TPSA) is 49.4 Å². The van der Waals surface area contributed by atoms with Crippen LogP contribution in [0.2, 0.25) is 0 Å². The van der Waals surface area contributed by atoms with E-state index in [4.69, 9.17) is 0 Å². The van der Waals surface area contributed by atoms with Crippen LogP contribution in [-0.2, 0) is 10.0 Å². The number of likely N-dealkylation sites (tertiary alicyclic amines) is 1. The minimum Gasteiger partial charge on any atom is -0.300 e. The molecule has 0 amide bonds. The highest BCUT2D eigenvalue weighted by molar-refractivity contribution is 7.99. The molecule has 0 aromatic rings. The molecule has 2 aliphatic heterocycles. The lowest BCUT2D eigenvalue weighted by atomic mass is 9.96. The van der Waals surface area contributed by atoms with E-state index in [9.17, 15) is 8.42 Å². The van der Waals surface area contributed by atoms with E-state index in [2.05, 4.69) is 21.4 Å². The second-order valence-electron chi connectivity index (χ2n) is 5.12. The molecule has 2 fully saturated rings. The summed E-state index contributed by atoms with van der Waals surface area (Å²) in [6.45, 7) is 2.90. The molecule has 1 N–H and O–H groups in total. The Morgan fingerprint density at radius 3 is 2.53 bits per heavy atom. The Morgan fingerprint density at radius 2 is 2.00 bits per heavy atom. The zero-order chi connectivity index (χ0) is 12.3. The molecule has 2 saturated heterocycles. The van der Waals surface area contributed by atoms with Gasteiger partial charge in [-0.15, -0.1) is 0 Å². The van der Waals surface area contributed by atoms with E-state index >= 15 is 0 Å². The number of piperidine rings is 1. The Bertz CT molecular complexity index is 331. The largest absolute Gasteiger partial charge is 0.300 e. The number of sulfonamides is 1. The summed E-state index contributed by atoms with van der Waals surface area (Å²) in [6.07, 6.45) is 4.82. The number of rotatable bonds is 4. The molecule has 0 aliphatic carbocycles. The van der Waals surface area contributed by atoms with Crippen molar-refractivity contribution >= 4 is 21.8 Å². The van der Waals surface area contributed by atoms with Crippen molar-refractivity contribution in [2.45, 2.75) is 25.3 Å². The van der Waals surface area contributed by atoms with Crippen molar-refractivity contribution in [1.82, 2.24) is 9.62 Å². The third-order valence-electron chi connectivity index (χ3n) is 3.71. The average molecular weight is 278 g/mol. The smallest absolute Gasteiger partial charge is 0.208 e. The van der Waals surface area contributed by atoms with Gasteiger partial charge in [0.1, 0.15) is 0 Å². The minimum absolute atomic E-state index is 0.523. The normalized spacial score (nSPS) is 28.6. The average Bonchev–Trinajstić information content (AvgIpc) is 2.79. The number of thioether (sulfide) groups is 1. The van der Waals surface area contributed by atoms with Crippen LogP contribution < -0.4 is 4.72 Å². The summed E-state index contributed by atoms with van der Waals surface area (Å²) in [5.74, 6) is 3.11. The molecule has 0 saturated carbocycles. The highest BCUT2D eigenvalue weighted by atomic mass is 32.2. The molecule has 2 aliphatic rings. The van der Waals surface area contributed by atoms with E-state index < -0.39 is 10.0 Å². The second kappa shape index (κ2) is 5.91. The van der Waals surface area contributed by atoms with Crippen molar-refractivity contribution in [3.8, 4) is 0 Å². The number of hydrogen-bond acceptors (Lipinski definition) is 4. The van der Waals surface area contributed by atoms with Crippen LogP contribution in [0, 0.1) is 5.92 Å². The summed E-state index contributed by atoms with van der Waals surface area (Å²) >= 11 is 2.06. The maximum atomic E-state index is 11.0. The first-order chi connectivity index (χ1) is 8.04. The third kappa shape index (κ3) is 4.43. The van der Waals surface area contributed by atoms with Crippen molar-refractivity contribution in [1.29, 1.82) is 0 Å². The first-order valence-corrected chi connectivity index (χ1v) is 9.35. The van der Waals surface area contributed by atoms with Gasteiger partial charge < -0.3 is 0 Å². The fourth-order valence-corrected chi connectivity index (χ4v) is 4.39. The van der Waals surface area contributed by atoms with Crippen LogP contribution in [0.5, 0.6) is 0 Å². The van der Waals surface area contributed by atoms with E-state index in [1.807, 2.05) is 0 Å². The summed E-state index contributed by atoms with van der Waals surface area (Å²) in [6, 6.07) is 0.781. The van der Waals surface area contributed by atoms with E-state index in [1.54, 1.807) is 0 Å². The Hall–Kier alpha value is 0.220. The summed E-state index contributed by atoms with van der Waals surface area (Å²) in [4.78, 5) is 2.59. The molecule has 4 nitrogen and oxygen atoms in total. The van der Waals surface area contributed by atoms with Gasteiger partial charge in [-0.3, -0.25) is 4.90 Å². The molecule has 0 radical (unpaired) electrons. The van der Waals surface area contributed by atoms with Gasteiger partial charge in [-0.2, -0.15) is 11.8 Å². The standard InChI is InChI=1S/C11H22N2O2S2/c1-17(14,15)12-8-10-2-5-13(6-3-10)11-4-7-16-9-11/h10-12H,2-9H2,1H3/t11-/m0/s1. The molecule has 0 unspecified atom stereocenters. The Kier molecular flexibility index (Phi) is 4.74. The predicted molar refractivity (Wildman–Crippen MR) is 72.9 cm³/mol. The van der Waals surface area contributed by atoms with Crippen molar-refractivity contribution in [3.63, 3.8) is 0 Å². The van der Waals surface area contributed by atoms with E-state index in [0.717, 1.165) is 32.0 Å². The zero-order valence-electron chi connectivity index (χ0n) is 10.4. The maximum absolute atomic E-state index is 11.0. The lowest BCUT2D eigenvalue weighted by molar-refractivity contribution is 0.145. The summed E-state index contributed by atoms with van der Waals surface area (Å²) in [7, 11) is -3.02. The molecule has 2 heterocycles. The number of hydrogen-bond donors (Lipinski definition) is 1. The van der Waals surface area contributed by atoms with Crippen molar-refractivity contribution < 1.29 is 8.42 Å². The molecule has 0 spiro atoms. The zero-order valence-corrected chi connectivity index (χ0v) is 12.0. The first kappa shape index (κ1) is 13.6. The highest BCUT2D eigenvalue weighted by Crippen LogP contribution is 2.26. The molecule has 6 heteroatoms. The van der Waals surface area contributed by atoms with E-state index in [1.165, 1.54) is 24.2 Å². The van der Waals surface area contributed by atoms with Crippen molar-refractivity contribution in [3.05, 3.63) is 0 Å². The van der Waals surface area contributed by atoms with Crippen molar-refractivity contribution in [2.75, 3.05) is 37.4 Å².